The van der Waals surface area contributed by atoms with Crippen LogP contribution in [0.2, 0.25) is 0 Å². The van der Waals surface area contributed by atoms with Crippen molar-refractivity contribution in [2.45, 2.75) is 32.2 Å². The largest absolute Gasteiger partial charge is 0.493 e. The van der Waals surface area contributed by atoms with Crippen molar-refractivity contribution < 1.29 is 4.74 Å². The van der Waals surface area contributed by atoms with Crippen LogP contribution in [0.1, 0.15) is 31.7 Å². The number of nitrogens with zero attached hydrogens (tertiary/aromatic N) is 1. The third-order valence-electron chi connectivity index (χ3n) is 4.03. The quantitative estimate of drug-likeness (QED) is 0.856. The number of fused-ring (bicyclic) bond motifs is 1. The first kappa shape index (κ1) is 14.4. The third kappa shape index (κ3) is 3.71. The van der Waals surface area contributed by atoms with Crippen molar-refractivity contribution in [3.05, 3.63) is 29.8 Å². The first-order chi connectivity index (χ1) is 9.08. The molecule has 1 aromatic carbocycles. The van der Waals surface area contributed by atoms with Gasteiger partial charge in [-0.25, -0.2) is 0 Å². The number of para-hydroxylation sites is 1. The molecule has 2 N–H and O–H groups in total. The van der Waals surface area contributed by atoms with E-state index in [1.54, 1.807) is 0 Å². The zero-order valence-corrected chi connectivity index (χ0v) is 12.3. The van der Waals surface area contributed by atoms with Gasteiger partial charge in [0, 0.05) is 24.1 Å². The Hall–Kier alpha value is -1.06. The first-order valence-corrected chi connectivity index (χ1v) is 7.23. The Morgan fingerprint density at radius 1 is 1.37 bits per heavy atom. The molecule has 0 radical (unpaired) electrons. The van der Waals surface area contributed by atoms with Crippen molar-refractivity contribution in [1.29, 1.82) is 0 Å². The topological polar surface area (TPSA) is 38.5 Å². The lowest BCUT2D eigenvalue weighted by Gasteiger charge is -2.23. The van der Waals surface area contributed by atoms with Crippen LogP contribution < -0.4 is 10.5 Å². The fourth-order valence-electron chi connectivity index (χ4n) is 2.55. The summed E-state index contributed by atoms with van der Waals surface area (Å²) in [7, 11) is 2.17. The summed E-state index contributed by atoms with van der Waals surface area (Å²) in [5, 5.41) is 0. The smallest absolute Gasteiger partial charge is 0.122 e. The summed E-state index contributed by atoms with van der Waals surface area (Å²) in [4.78, 5) is 2.37. The van der Waals surface area contributed by atoms with Gasteiger partial charge < -0.3 is 15.4 Å². The van der Waals surface area contributed by atoms with Crippen LogP contribution in [-0.4, -0.2) is 37.7 Å². The number of hydrogen-bond acceptors (Lipinski definition) is 3. The Balaban J connectivity index is 1.82. The second-order valence-corrected chi connectivity index (χ2v) is 6.00. The molecule has 0 saturated heterocycles. The van der Waals surface area contributed by atoms with Crippen molar-refractivity contribution in [1.82, 2.24) is 4.90 Å². The highest BCUT2D eigenvalue weighted by Gasteiger charge is 2.24. The maximum absolute atomic E-state index is 6.10. The zero-order valence-electron chi connectivity index (χ0n) is 12.3. The summed E-state index contributed by atoms with van der Waals surface area (Å²) in [6, 6.07) is 8.67. The van der Waals surface area contributed by atoms with Crippen molar-refractivity contribution in [2.24, 2.45) is 11.7 Å². The maximum Gasteiger partial charge on any atom is 0.122 e. The van der Waals surface area contributed by atoms with Crippen LogP contribution >= 0.6 is 0 Å². The lowest BCUT2D eigenvalue weighted by Crippen LogP contribution is -2.33. The molecule has 0 spiro atoms. The van der Waals surface area contributed by atoms with Crippen molar-refractivity contribution in [2.75, 3.05) is 26.7 Å². The standard InChI is InChI=1S/C16H26N2O/c1-12(2)15(17)8-9-18(3)10-13-11-19-16-7-5-4-6-14(13)16/h4-7,12-13,15H,8-11,17H2,1-3H3. The molecule has 0 fully saturated rings. The van der Waals surface area contributed by atoms with Gasteiger partial charge >= 0.3 is 0 Å². The van der Waals surface area contributed by atoms with E-state index in [9.17, 15) is 0 Å². The highest BCUT2D eigenvalue weighted by molar-refractivity contribution is 5.39. The summed E-state index contributed by atoms with van der Waals surface area (Å²) in [6.45, 7) is 7.28. The molecule has 1 aliphatic heterocycles. The summed E-state index contributed by atoms with van der Waals surface area (Å²) in [5.41, 5.74) is 7.45. The minimum Gasteiger partial charge on any atom is -0.493 e. The van der Waals surface area contributed by atoms with Crippen molar-refractivity contribution in [3.8, 4) is 5.75 Å². The number of benzene rings is 1. The molecule has 106 valence electrons. The minimum atomic E-state index is 0.301. The normalized spacial score (nSPS) is 19.6. The molecule has 1 heterocycles. The minimum absolute atomic E-state index is 0.301. The Labute approximate surface area is 116 Å². The predicted octanol–water partition coefficient (Wildman–Crippen LogP) is 2.47. The van der Waals surface area contributed by atoms with Crippen LogP contribution in [0.3, 0.4) is 0 Å². The van der Waals surface area contributed by atoms with Crippen LogP contribution in [0, 0.1) is 5.92 Å². The molecule has 2 rings (SSSR count). The van der Waals surface area contributed by atoms with Gasteiger partial charge in [0.2, 0.25) is 0 Å². The van der Waals surface area contributed by atoms with E-state index in [-0.39, 0.29) is 0 Å². The molecular formula is C16H26N2O. The van der Waals surface area contributed by atoms with Gasteiger partial charge in [-0.2, -0.15) is 0 Å². The fraction of sp³-hybridized carbons (Fsp3) is 0.625. The average Bonchev–Trinajstić information content (AvgIpc) is 2.79. The molecule has 2 atom stereocenters. The first-order valence-electron chi connectivity index (χ1n) is 7.23. The molecular weight excluding hydrogens is 236 g/mol. The van der Waals surface area contributed by atoms with E-state index in [0.29, 0.717) is 17.9 Å². The van der Waals surface area contributed by atoms with Crippen LogP contribution in [0.25, 0.3) is 0 Å². The SMILES string of the molecule is CC(C)C(N)CCN(C)CC1COc2ccccc21. The molecule has 1 aromatic rings. The number of ether oxygens (including phenoxy) is 1. The van der Waals surface area contributed by atoms with Gasteiger partial charge in [-0.15, -0.1) is 0 Å². The van der Waals surface area contributed by atoms with Gasteiger partial charge in [0.05, 0.1) is 6.61 Å². The molecule has 0 aliphatic carbocycles. The lowest BCUT2D eigenvalue weighted by molar-refractivity contribution is 0.255. The second kappa shape index (κ2) is 6.40. The van der Waals surface area contributed by atoms with E-state index < -0.39 is 0 Å². The van der Waals surface area contributed by atoms with Gasteiger partial charge in [0.25, 0.3) is 0 Å². The van der Waals surface area contributed by atoms with E-state index in [4.69, 9.17) is 10.5 Å². The van der Waals surface area contributed by atoms with Crippen LogP contribution in [0.15, 0.2) is 24.3 Å². The van der Waals surface area contributed by atoms with Gasteiger partial charge in [0.1, 0.15) is 5.75 Å². The van der Waals surface area contributed by atoms with E-state index in [0.717, 1.165) is 31.9 Å². The summed E-state index contributed by atoms with van der Waals surface area (Å²) in [5.74, 6) is 2.11. The Morgan fingerprint density at radius 3 is 2.84 bits per heavy atom. The number of rotatable bonds is 6. The third-order valence-corrected chi connectivity index (χ3v) is 4.03. The molecule has 0 bridgehead atoms. The van der Waals surface area contributed by atoms with Gasteiger partial charge in [-0.3, -0.25) is 0 Å². The van der Waals surface area contributed by atoms with Crippen molar-refractivity contribution in [3.63, 3.8) is 0 Å². The van der Waals surface area contributed by atoms with Crippen molar-refractivity contribution >= 4 is 0 Å². The Kier molecular flexibility index (Phi) is 4.83. The second-order valence-electron chi connectivity index (χ2n) is 6.00. The fourth-order valence-corrected chi connectivity index (χ4v) is 2.55. The zero-order chi connectivity index (χ0) is 13.8. The highest BCUT2D eigenvalue weighted by atomic mass is 16.5. The Bertz CT molecular complexity index is 405. The summed E-state index contributed by atoms with van der Waals surface area (Å²) in [6.07, 6.45) is 1.06. The number of hydrogen-bond donors (Lipinski definition) is 1. The molecule has 3 heteroatoms. The van der Waals surface area contributed by atoms with E-state index in [2.05, 4.69) is 44.0 Å². The molecule has 3 nitrogen and oxygen atoms in total. The van der Waals surface area contributed by atoms with Crippen LogP contribution in [0.5, 0.6) is 5.75 Å². The van der Waals surface area contributed by atoms with Crippen LogP contribution in [0.4, 0.5) is 0 Å². The summed E-state index contributed by atoms with van der Waals surface area (Å²) < 4.78 is 5.72. The molecule has 0 amide bonds. The average molecular weight is 262 g/mol. The van der Waals surface area contributed by atoms with E-state index in [1.165, 1.54) is 5.56 Å². The molecule has 19 heavy (non-hydrogen) atoms. The van der Waals surface area contributed by atoms with Gasteiger partial charge in [0.15, 0.2) is 0 Å². The maximum atomic E-state index is 6.10. The van der Waals surface area contributed by atoms with Gasteiger partial charge in [-0.05, 0) is 32.0 Å². The molecule has 1 aliphatic rings. The monoisotopic (exact) mass is 262 g/mol. The van der Waals surface area contributed by atoms with E-state index in [1.807, 2.05) is 6.07 Å². The van der Waals surface area contributed by atoms with Gasteiger partial charge in [-0.1, -0.05) is 32.0 Å². The van der Waals surface area contributed by atoms with Crippen LogP contribution in [-0.2, 0) is 0 Å². The Morgan fingerprint density at radius 2 is 2.11 bits per heavy atom. The molecule has 0 saturated carbocycles. The lowest BCUT2D eigenvalue weighted by atomic mass is 9.99. The molecule has 2 unspecified atom stereocenters. The predicted molar refractivity (Wildman–Crippen MR) is 79.6 cm³/mol. The highest BCUT2D eigenvalue weighted by Crippen LogP contribution is 2.33. The van der Waals surface area contributed by atoms with E-state index >= 15 is 0 Å². The number of likely N-dealkylation sites (N-methyl/N-ethyl adjacent to an activating group) is 1. The molecule has 0 aromatic heterocycles. The summed E-state index contributed by atoms with van der Waals surface area (Å²) >= 11 is 0. The number of nitrogens with two attached hydrogens (primary N) is 1.